The van der Waals surface area contributed by atoms with Gasteiger partial charge in [0.05, 0.1) is 23.0 Å². The number of phenolic OH excluding ortho intramolecular Hbond substituents is 1. The average molecular weight is 419 g/mol. The number of rotatable bonds is 4. The van der Waals surface area contributed by atoms with E-state index in [0.29, 0.717) is 11.8 Å². The predicted octanol–water partition coefficient (Wildman–Crippen LogP) is 4.72. The van der Waals surface area contributed by atoms with Crippen LogP contribution in [-0.4, -0.2) is 21.9 Å². The summed E-state index contributed by atoms with van der Waals surface area (Å²) in [6.07, 6.45) is 1.50. The molecule has 4 rings (SSSR count). The Hall–Kier alpha value is -4.33. The van der Waals surface area contributed by atoms with Crippen molar-refractivity contribution in [2.75, 3.05) is 10.6 Å². The lowest BCUT2D eigenvalue weighted by atomic mass is 10.1. The first-order valence-corrected chi connectivity index (χ1v) is 9.16. The molecule has 31 heavy (non-hydrogen) atoms. The van der Waals surface area contributed by atoms with E-state index in [4.69, 9.17) is 0 Å². The van der Waals surface area contributed by atoms with Crippen LogP contribution in [0.2, 0.25) is 0 Å². The SMILES string of the molecule is O=C(Nc1ccc(C(=O)Nc2cnc3ccccc3c2)c(O)c1)c1cc(F)cc(F)c1. The van der Waals surface area contributed by atoms with Gasteiger partial charge in [0.25, 0.3) is 11.8 Å². The molecule has 0 saturated carbocycles. The Labute approximate surface area is 175 Å². The minimum atomic E-state index is -0.886. The first-order valence-electron chi connectivity index (χ1n) is 9.16. The molecule has 0 spiro atoms. The molecule has 3 aromatic carbocycles. The third-order valence-corrected chi connectivity index (χ3v) is 4.47. The lowest BCUT2D eigenvalue weighted by Crippen LogP contribution is -2.14. The normalized spacial score (nSPS) is 10.6. The van der Waals surface area contributed by atoms with E-state index in [1.165, 1.54) is 24.4 Å². The first kappa shape index (κ1) is 20.0. The Morgan fingerprint density at radius 3 is 2.26 bits per heavy atom. The molecule has 0 unspecified atom stereocenters. The van der Waals surface area contributed by atoms with Gasteiger partial charge in [-0.15, -0.1) is 0 Å². The number of halogens is 2. The summed E-state index contributed by atoms with van der Waals surface area (Å²) >= 11 is 0. The quantitative estimate of drug-likeness (QED) is 0.446. The summed E-state index contributed by atoms with van der Waals surface area (Å²) in [6.45, 7) is 0. The second-order valence-corrected chi connectivity index (χ2v) is 6.71. The van der Waals surface area contributed by atoms with Gasteiger partial charge in [-0.2, -0.15) is 0 Å². The molecule has 0 aliphatic heterocycles. The van der Waals surface area contributed by atoms with Gasteiger partial charge in [-0.25, -0.2) is 8.78 Å². The number of anilines is 2. The fourth-order valence-electron chi connectivity index (χ4n) is 3.03. The Kier molecular flexibility index (Phi) is 5.28. The molecule has 0 radical (unpaired) electrons. The zero-order chi connectivity index (χ0) is 22.0. The maximum atomic E-state index is 13.3. The van der Waals surface area contributed by atoms with Gasteiger partial charge in [-0.3, -0.25) is 14.6 Å². The van der Waals surface area contributed by atoms with Gasteiger partial charge in [0.15, 0.2) is 0 Å². The van der Waals surface area contributed by atoms with Crippen LogP contribution in [0.1, 0.15) is 20.7 Å². The third kappa shape index (κ3) is 4.48. The molecule has 154 valence electrons. The van der Waals surface area contributed by atoms with Gasteiger partial charge in [-0.05, 0) is 36.4 Å². The van der Waals surface area contributed by atoms with E-state index >= 15 is 0 Å². The highest BCUT2D eigenvalue weighted by Crippen LogP contribution is 2.24. The number of benzene rings is 3. The largest absolute Gasteiger partial charge is 0.507 e. The van der Waals surface area contributed by atoms with E-state index in [1.54, 1.807) is 6.07 Å². The summed E-state index contributed by atoms with van der Waals surface area (Å²) in [5.74, 6) is -3.49. The number of aromatic nitrogens is 1. The number of para-hydroxylation sites is 1. The van der Waals surface area contributed by atoms with Crippen LogP contribution in [0.4, 0.5) is 20.2 Å². The minimum absolute atomic E-state index is 0.0250. The molecule has 1 heterocycles. The monoisotopic (exact) mass is 419 g/mol. The van der Waals surface area contributed by atoms with Crippen LogP contribution in [0.5, 0.6) is 5.75 Å². The van der Waals surface area contributed by atoms with E-state index in [-0.39, 0.29) is 22.6 Å². The second kappa shape index (κ2) is 8.19. The molecule has 2 amide bonds. The highest BCUT2D eigenvalue weighted by atomic mass is 19.1. The molecule has 3 N–H and O–H groups in total. The fourth-order valence-corrected chi connectivity index (χ4v) is 3.03. The maximum Gasteiger partial charge on any atom is 0.259 e. The van der Waals surface area contributed by atoms with Crippen LogP contribution < -0.4 is 10.6 Å². The lowest BCUT2D eigenvalue weighted by Gasteiger charge is -2.10. The van der Waals surface area contributed by atoms with E-state index < -0.39 is 23.4 Å². The van der Waals surface area contributed by atoms with Crippen LogP contribution >= 0.6 is 0 Å². The smallest absolute Gasteiger partial charge is 0.259 e. The second-order valence-electron chi connectivity index (χ2n) is 6.71. The Morgan fingerprint density at radius 2 is 1.52 bits per heavy atom. The number of aromatic hydroxyl groups is 1. The summed E-state index contributed by atoms with van der Waals surface area (Å²) in [7, 11) is 0. The van der Waals surface area contributed by atoms with Crippen LogP contribution in [0.15, 0.2) is 72.9 Å². The summed E-state index contributed by atoms with van der Waals surface area (Å²) in [5, 5.41) is 16.2. The van der Waals surface area contributed by atoms with Crippen molar-refractivity contribution in [1.29, 1.82) is 0 Å². The molecule has 4 aromatic rings. The standard InChI is InChI=1S/C23H15F2N3O3/c24-15-7-14(8-16(25)10-15)22(30)27-17-5-6-19(21(29)11-17)23(31)28-18-9-13-3-1-2-4-20(13)26-12-18/h1-12,29H,(H,27,30)(H,28,31). The molecule has 0 atom stereocenters. The molecule has 0 aliphatic rings. The van der Waals surface area contributed by atoms with Crippen molar-refractivity contribution in [3.8, 4) is 5.75 Å². The Balaban J connectivity index is 1.49. The zero-order valence-electron chi connectivity index (χ0n) is 15.9. The van der Waals surface area contributed by atoms with Crippen molar-refractivity contribution in [1.82, 2.24) is 4.98 Å². The highest BCUT2D eigenvalue weighted by Gasteiger charge is 2.15. The number of hydrogen-bond donors (Lipinski definition) is 3. The molecular formula is C23H15F2N3O3. The Morgan fingerprint density at radius 1 is 0.806 bits per heavy atom. The minimum Gasteiger partial charge on any atom is -0.507 e. The summed E-state index contributed by atoms with van der Waals surface area (Å²) in [4.78, 5) is 29.0. The van der Waals surface area contributed by atoms with E-state index in [0.717, 1.165) is 23.0 Å². The first-order chi connectivity index (χ1) is 14.9. The molecule has 0 aliphatic carbocycles. The van der Waals surface area contributed by atoms with Gasteiger partial charge >= 0.3 is 0 Å². The van der Waals surface area contributed by atoms with Crippen LogP contribution in [0.3, 0.4) is 0 Å². The maximum absolute atomic E-state index is 13.3. The number of pyridine rings is 1. The molecule has 0 saturated heterocycles. The van der Waals surface area contributed by atoms with E-state index in [9.17, 15) is 23.5 Å². The van der Waals surface area contributed by atoms with Crippen molar-refractivity contribution < 1.29 is 23.5 Å². The fraction of sp³-hybridized carbons (Fsp3) is 0. The van der Waals surface area contributed by atoms with Crippen molar-refractivity contribution in [2.24, 2.45) is 0 Å². The van der Waals surface area contributed by atoms with Gasteiger partial charge in [0.1, 0.15) is 17.4 Å². The van der Waals surface area contributed by atoms with Gasteiger partial charge < -0.3 is 15.7 Å². The molecule has 0 bridgehead atoms. The summed E-state index contributed by atoms with van der Waals surface area (Å²) in [5.41, 5.74) is 1.14. The number of carbonyl (C=O) groups excluding carboxylic acids is 2. The van der Waals surface area contributed by atoms with Crippen molar-refractivity contribution in [3.05, 3.63) is 95.7 Å². The average Bonchev–Trinajstić information content (AvgIpc) is 2.73. The van der Waals surface area contributed by atoms with E-state index in [1.807, 2.05) is 24.3 Å². The summed E-state index contributed by atoms with van der Waals surface area (Å²) < 4.78 is 26.6. The number of phenols is 1. The van der Waals surface area contributed by atoms with E-state index in [2.05, 4.69) is 15.6 Å². The zero-order valence-corrected chi connectivity index (χ0v) is 15.9. The van der Waals surface area contributed by atoms with Gasteiger partial charge in [0.2, 0.25) is 0 Å². The number of fused-ring (bicyclic) bond motifs is 1. The highest BCUT2D eigenvalue weighted by molar-refractivity contribution is 6.08. The van der Waals surface area contributed by atoms with Crippen LogP contribution in [-0.2, 0) is 0 Å². The topological polar surface area (TPSA) is 91.3 Å². The third-order valence-electron chi connectivity index (χ3n) is 4.47. The lowest BCUT2D eigenvalue weighted by molar-refractivity contribution is 0.101. The number of nitrogens with one attached hydrogen (secondary N) is 2. The number of carbonyl (C=O) groups is 2. The summed E-state index contributed by atoms with van der Waals surface area (Å²) in [6, 6.07) is 15.5. The van der Waals surface area contributed by atoms with Crippen LogP contribution in [0.25, 0.3) is 10.9 Å². The van der Waals surface area contributed by atoms with Crippen molar-refractivity contribution in [3.63, 3.8) is 0 Å². The predicted molar refractivity (Wildman–Crippen MR) is 112 cm³/mol. The number of hydrogen-bond acceptors (Lipinski definition) is 4. The molecular weight excluding hydrogens is 404 g/mol. The van der Waals surface area contributed by atoms with Crippen molar-refractivity contribution in [2.45, 2.75) is 0 Å². The molecule has 1 aromatic heterocycles. The molecule has 0 fully saturated rings. The van der Waals surface area contributed by atoms with Gasteiger partial charge in [0, 0.05) is 28.8 Å². The molecule has 6 nitrogen and oxygen atoms in total. The molecule has 8 heteroatoms. The number of amides is 2. The Bertz CT molecular complexity index is 1300. The van der Waals surface area contributed by atoms with Crippen LogP contribution in [0, 0.1) is 11.6 Å². The number of nitrogens with zero attached hydrogens (tertiary/aromatic N) is 1. The van der Waals surface area contributed by atoms with Crippen molar-refractivity contribution >= 4 is 34.1 Å². The van der Waals surface area contributed by atoms with Gasteiger partial charge in [-0.1, -0.05) is 18.2 Å².